The number of esters is 1. The van der Waals surface area contributed by atoms with Crippen molar-refractivity contribution in [2.45, 2.75) is 39.7 Å². The van der Waals surface area contributed by atoms with Crippen LogP contribution in [0.2, 0.25) is 0 Å². The average molecular weight is 210 g/mol. The lowest BCUT2D eigenvalue weighted by atomic mass is 10.0. The molecule has 0 aliphatic carbocycles. The normalized spacial score (nSPS) is 12.8. The van der Waals surface area contributed by atoms with E-state index in [0.29, 0.717) is 5.92 Å². The number of rotatable bonds is 5. The third-order valence-electron chi connectivity index (χ3n) is 2.36. The van der Waals surface area contributed by atoms with E-state index in [1.165, 1.54) is 6.92 Å². The number of aryl methyl sites for hydroxylation is 1. The van der Waals surface area contributed by atoms with Gasteiger partial charge in [0.2, 0.25) is 0 Å². The molecule has 0 bridgehead atoms. The Morgan fingerprint density at radius 2 is 2.27 bits per heavy atom. The Kier molecular flexibility index (Phi) is 4.40. The van der Waals surface area contributed by atoms with Crippen LogP contribution in [0, 0.1) is 5.92 Å². The molecule has 1 atom stereocenters. The van der Waals surface area contributed by atoms with E-state index in [0.717, 1.165) is 18.4 Å². The third kappa shape index (κ3) is 4.19. The summed E-state index contributed by atoms with van der Waals surface area (Å²) in [6, 6.07) is 1.94. The van der Waals surface area contributed by atoms with Gasteiger partial charge in [-0.2, -0.15) is 0 Å². The molecule has 0 spiro atoms. The lowest BCUT2D eigenvalue weighted by Crippen LogP contribution is -2.22. The van der Waals surface area contributed by atoms with Gasteiger partial charge in [0, 0.05) is 6.92 Å². The smallest absolute Gasteiger partial charge is 0.302 e. The van der Waals surface area contributed by atoms with Crippen molar-refractivity contribution in [2.24, 2.45) is 5.92 Å². The van der Waals surface area contributed by atoms with E-state index < -0.39 is 0 Å². The molecule has 1 aromatic heterocycles. The highest BCUT2D eigenvalue weighted by atomic mass is 16.5. The first-order chi connectivity index (χ1) is 7.09. The minimum atomic E-state index is -0.208. The SMILES string of the molecule is CC(=O)OC(CCc1ccoc1)C(C)C. The molecule has 0 saturated heterocycles. The van der Waals surface area contributed by atoms with Crippen molar-refractivity contribution in [3.63, 3.8) is 0 Å². The predicted molar refractivity (Wildman–Crippen MR) is 57.4 cm³/mol. The molecule has 3 nitrogen and oxygen atoms in total. The van der Waals surface area contributed by atoms with Gasteiger partial charge in [0.05, 0.1) is 12.5 Å². The Hall–Kier alpha value is -1.25. The van der Waals surface area contributed by atoms with E-state index in [1.54, 1.807) is 12.5 Å². The summed E-state index contributed by atoms with van der Waals surface area (Å²) in [6.07, 6.45) is 5.11. The molecule has 15 heavy (non-hydrogen) atoms. The van der Waals surface area contributed by atoms with E-state index in [-0.39, 0.29) is 12.1 Å². The van der Waals surface area contributed by atoms with Crippen LogP contribution in [0.25, 0.3) is 0 Å². The molecule has 1 rings (SSSR count). The Morgan fingerprint density at radius 3 is 2.73 bits per heavy atom. The first-order valence-corrected chi connectivity index (χ1v) is 5.28. The summed E-state index contributed by atoms with van der Waals surface area (Å²) >= 11 is 0. The van der Waals surface area contributed by atoms with Crippen LogP contribution >= 0.6 is 0 Å². The summed E-state index contributed by atoms with van der Waals surface area (Å²) < 4.78 is 10.2. The lowest BCUT2D eigenvalue weighted by Gasteiger charge is -2.20. The fourth-order valence-electron chi connectivity index (χ4n) is 1.49. The zero-order valence-corrected chi connectivity index (χ0v) is 9.53. The molecule has 0 aromatic carbocycles. The molecule has 84 valence electrons. The van der Waals surface area contributed by atoms with E-state index in [1.807, 2.05) is 6.07 Å². The maximum Gasteiger partial charge on any atom is 0.302 e. The Bertz CT molecular complexity index is 288. The number of furan rings is 1. The minimum absolute atomic E-state index is 0.00241. The monoisotopic (exact) mass is 210 g/mol. The van der Waals surface area contributed by atoms with E-state index in [2.05, 4.69) is 13.8 Å². The van der Waals surface area contributed by atoms with Crippen LogP contribution in [0.5, 0.6) is 0 Å². The van der Waals surface area contributed by atoms with Crippen LogP contribution in [-0.4, -0.2) is 12.1 Å². The lowest BCUT2D eigenvalue weighted by molar-refractivity contribution is -0.148. The highest BCUT2D eigenvalue weighted by molar-refractivity contribution is 5.66. The molecule has 0 N–H and O–H groups in total. The second kappa shape index (κ2) is 5.59. The quantitative estimate of drug-likeness (QED) is 0.701. The zero-order chi connectivity index (χ0) is 11.3. The summed E-state index contributed by atoms with van der Waals surface area (Å²) in [6.45, 7) is 5.57. The minimum Gasteiger partial charge on any atom is -0.472 e. The molecule has 0 radical (unpaired) electrons. The van der Waals surface area contributed by atoms with Gasteiger partial charge < -0.3 is 9.15 Å². The van der Waals surface area contributed by atoms with Crippen LogP contribution < -0.4 is 0 Å². The highest BCUT2D eigenvalue weighted by Gasteiger charge is 2.16. The van der Waals surface area contributed by atoms with Crippen molar-refractivity contribution in [1.29, 1.82) is 0 Å². The number of carbonyl (C=O) groups excluding carboxylic acids is 1. The van der Waals surface area contributed by atoms with Crippen LogP contribution in [0.1, 0.15) is 32.8 Å². The number of hydrogen-bond acceptors (Lipinski definition) is 3. The molecule has 1 unspecified atom stereocenters. The Balaban J connectivity index is 2.41. The van der Waals surface area contributed by atoms with E-state index in [9.17, 15) is 4.79 Å². The van der Waals surface area contributed by atoms with Gasteiger partial charge in [-0.05, 0) is 30.4 Å². The fraction of sp³-hybridized carbons (Fsp3) is 0.583. The molecule has 0 fully saturated rings. The van der Waals surface area contributed by atoms with Crippen molar-refractivity contribution < 1.29 is 13.9 Å². The molecule has 1 aromatic rings. The highest BCUT2D eigenvalue weighted by Crippen LogP contribution is 2.15. The van der Waals surface area contributed by atoms with Gasteiger partial charge in [-0.15, -0.1) is 0 Å². The third-order valence-corrected chi connectivity index (χ3v) is 2.36. The van der Waals surface area contributed by atoms with Crippen LogP contribution in [0.4, 0.5) is 0 Å². The maximum atomic E-state index is 10.9. The van der Waals surface area contributed by atoms with Crippen LogP contribution in [-0.2, 0) is 16.0 Å². The molecule has 0 saturated carbocycles. The average Bonchev–Trinajstić information content (AvgIpc) is 2.63. The summed E-state index contributed by atoms with van der Waals surface area (Å²) in [5.74, 6) is 0.140. The molecule has 0 aliphatic rings. The van der Waals surface area contributed by atoms with Gasteiger partial charge in [-0.25, -0.2) is 0 Å². The van der Waals surface area contributed by atoms with Crippen LogP contribution in [0.15, 0.2) is 23.0 Å². The van der Waals surface area contributed by atoms with Crippen molar-refractivity contribution in [3.8, 4) is 0 Å². The molecule has 1 heterocycles. The van der Waals surface area contributed by atoms with Gasteiger partial charge in [-0.1, -0.05) is 13.8 Å². The second-order valence-corrected chi connectivity index (χ2v) is 4.06. The molecular weight excluding hydrogens is 192 g/mol. The Morgan fingerprint density at radius 1 is 1.53 bits per heavy atom. The van der Waals surface area contributed by atoms with Gasteiger partial charge in [0.15, 0.2) is 0 Å². The fourth-order valence-corrected chi connectivity index (χ4v) is 1.49. The van der Waals surface area contributed by atoms with E-state index in [4.69, 9.17) is 9.15 Å². The van der Waals surface area contributed by atoms with Crippen molar-refractivity contribution in [2.75, 3.05) is 0 Å². The largest absolute Gasteiger partial charge is 0.472 e. The number of carbonyl (C=O) groups is 1. The first-order valence-electron chi connectivity index (χ1n) is 5.28. The van der Waals surface area contributed by atoms with Gasteiger partial charge >= 0.3 is 5.97 Å². The Labute approximate surface area is 90.4 Å². The topological polar surface area (TPSA) is 39.4 Å². The molecule has 0 amide bonds. The zero-order valence-electron chi connectivity index (χ0n) is 9.53. The maximum absolute atomic E-state index is 10.9. The van der Waals surface area contributed by atoms with Gasteiger partial charge in [0.1, 0.15) is 6.10 Å². The van der Waals surface area contributed by atoms with Crippen molar-refractivity contribution in [1.82, 2.24) is 0 Å². The first kappa shape index (κ1) is 11.8. The molecule has 0 aliphatic heterocycles. The number of ether oxygens (including phenoxy) is 1. The molecule has 3 heteroatoms. The number of hydrogen-bond donors (Lipinski definition) is 0. The van der Waals surface area contributed by atoms with Gasteiger partial charge in [0.25, 0.3) is 0 Å². The predicted octanol–water partition coefficient (Wildman–Crippen LogP) is 2.80. The van der Waals surface area contributed by atoms with Crippen molar-refractivity contribution in [3.05, 3.63) is 24.2 Å². The van der Waals surface area contributed by atoms with E-state index >= 15 is 0 Å². The molecular formula is C12H18O3. The summed E-state index contributed by atoms with van der Waals surface area (Å²) in [5.41, 5.74) is 1.15. The summed E-state index contributed by atoms with van der Waals surface area (Å²) in [4.78, 5) is 10.9. The summed E-state index contributed by atoms with van der Waals surface area (Å²) in [5, 5.41) is 0. The van der Waals surface area contributed by atoms with Gasteiger partial charge in [-0.3, -0.25) is 4.79 Å². The van der Waals surface area contributed by atoms with Crippen molar-refractivity contribution >= 4 is 5.97 Å². The second-order valence-electron chi connectivity index (χ2n) is 4.06. The van der Waals surface area contributed by atoms with Crippen LogP contribution in [0.3, 0.4) is 0 Å². The standard InChI is InChI=1S/C12H18O3/c1-9(2)12(15-10(3)13)5-4-11-6-7-14-8-11/h6-9,12H,4-5H2,1-3H3. The summed E-state index contributed by atoms with van der Waals surface area (Å²) in [7, 11) is 0.